The lowest BCUT2D eigenvalue weighted by Crippen LogP contribution is -1.92. The van der Waals surface area contributed by atoms with E-state index < -0.39 is 0 Å². The van der Waals surface area contributed by atoms with Crippen molar-refractivity contribution in [2.45, 2.75) is 6.92 Å². The van der Waals surface area contributed by atoms with Crippen LogP contribution in [0.25, 0.3) is 10.9 Å². The van der Waals surface area contributed by atoms with E-state index in [4.69, 9.17) is 4.74 Å². The van der Waals surface area contributed by atoms with Gasteiger partial charge in [0.25, 0.3) is 0 Å². The molecule has 0 N–H and O–H groups in total. The molecule has 4 heteroatoms. The Morgan fingerprint density at radius 1 is 1.43 bits per heavy atom. The first-order valence-electron chi connectivity index (χ1n) is 4.18. The Labute approximate surface area is 90.3 Å². The van der Waals surface area contributed by atoms with E-state index in [0.29, 0.717) is 5.88 Å². The average Bonchev–Trinajstić information content (AvgIpc) is 2.19. The molecule has 0 atom stereocenters. The molecule has 2 aromatic heterocycles. The second-order valence-corrected chi connectivity index (χ2v) is 3.80. The number of ether oxygens (including phenoxy) is 1. The van der Waals surface area contributed by atoms with Crippen LogP contribution in [0.3, 0.4) is 0 Å². The fraction of sp³-hybridized carbons (Fsp3) is 0.200. The molecule has 0 aliphatic carbocycles. The molecule has 0 aromatic carbocycles. The molecule has 0 radical (unpaired) electrons. The summed E-state index contributed by atoms with van der Waals surface area (Å²) in [7, 11) is 1.60. The van der Waals surface area contributed by atoms with Gasteiger partial charge in [-0.25, -0.2) is 4.98 Å². The number of halogens is 1. The molecule has 2 rings (SSSR count). The highest BCUT2D eigenvalue weighted by atomic mass is 79.9. The summed E-state index contributed by atoms with van der Waals surface area (Å²) in [6, 6.07) is 3.85. The monoisotopic (exact) mass is 252 g/mol. The molecule has 0 aliphatic rings. The minimum atomic E-state index is 0.600. The first-order valence-corrected chi connectivity index (χ1v) is 4.97. The number of hydrogen-bond acceptors (Lipinski definition) is 3. The molecule has 2 heterocycles. The van der Waals surface area contributed by atoms with E-state index in [2.05, 4.69) is 25.9 Å². The molecule has 72 valence electrons. The molecule has 0 fully saturated rings. The van der Waals surface area contributed by atoms with Crippen molar-refractivity contribution in [3.8, 4) is 5.88 Å². The first-order chi connectivity index (χ1) is 6.72. The fourth-order valence-corrected chi connectivity index (χ4v) is 1.81. The third-order valence-electron chi connectivity index (χ3n) is 2.06. The Bertz CT molecular complexity index is 485. The lowest BCUT2D eigenvalue weighted by atomic mass is 10.2. The minimum Gasteiger partial charge on any atom is -0.480 e. The van der Waals surface area contributed by atoms with Gasteiger partial charge in [-0.15, -0.1) is 0 Å². The van der Waals surface area contributed by atoms with Crippen LogP contribution in [0.1, 0.15) is 5.69 Å². The van der Waals surface area contributed by atoms with Crippen molar-refractivity contribution in [2.24, 2.45) is 0 Å². The smallest absolute Gasteiger partial charge is 0.228 e. The van der Waals surface area contributed by atoms with Crippen molar-refractivity contribution >= 4 is 26.8 Å². The number of nitrogens with zero attached hydrogens (tertiary/aromatic N) is 2. The van der Waals surface area contributed by atoms with Crippen LogP contribution in [0.2, 0.25) is 0 Å². The summed E-state index contributed by atoms with van der Waals surface area (Å²) >= 11 is 3.40. The lowest BCUT2D eigenvalue weighted by molar-refractivity contribution is 0.397. The fourth-order valence-electron chi connectivity index (χ4n) is 1.33. The van der Waals surface area contributed by atoms with Crippen LogP contribution >= 0.6 is 15.9 Å². The van der Waals surface area contributed by atoms with E-state index in [0.717, 1.165) is 21.1 Å². The van der Waals surface area contributed by atoms with Gasteiger partial charge in [0.05, 0.1) is 17.1 Å². The summed E-state index contributed by atoms with van der Waals surface area (Å²) in [4.78, 5) is 8.55. The van der Waals surface area contributed by atoms with Crippen LogP contribution < -0.4 is 4.74 Å². The molecule has 0 saturated heterocycles. The van der Waals surface area contributed by atoms with E-state index in [1.165, 1.54) is 0 Å². The van der Waals surface area contributed by atoms with Gasteiger partial charge in [0.1, 0.15) is 0 Å². The normalized spacial score (nSPS) is 10.5. The van der Waals surface area contributed by atoms with Crippen LogP contribution in [-0.2, 0) is 0 Å². The Morgan fingerprint density at radius 3 is 2.93 bits per heavy atom. The van der Waals surface area contributed by atoms with Crippen LogP contribution in [0.4, 0.5) is 0 Å². The summed E-state index contributed by atoms with van der Waals surface area (Å²) in [5.41, 5.74) is 1.87. The molecular formula is C10H9BrN2O. The Morgan fingerprint density at radius 2 is 2.21 bits per heavy atom. The second kappa shape index (κ2) is 3.53. The first kappa shape index (κ1) is 9.40. The number of fused-ring (bicyclic) bond motifs is 1. The van der Waals surface area contributed by atoms with Crippen molar-refractivity contribution in [1.29, 1.82) is 0 Å². The molecule has 2 aromatic rings. The van der Waals surface area contributed by atoms with Gasteiger partial charge in [0, 0.05) is 17.3 Å². The summed E-state index contributed by atoms with van der Waals surface area (Å²) in [6.45, 7) is 1.96. The second-order valence-electron chi connectivity index (χ2n) is 2.94. The van der Waals surface area contributed by atoms with Gasteiger partial charge in [-0.1, -0.05) is 0 Å². The van der Waals surface area contributed by atoms with Gasteiger partial charge < -0.3 is 4.74 Å². The maximum atomic E-state index is 5.11. The highest BCUT2D eigenvalue weighted by Crippen LogP contribution is 2.27. The van der Waals surface area contributed by atoms with Crippen LogP contribution in [-0.4, -0.2) is 17.1 Å². The third kappa shape index (κ3) is 1.46. The van der Waals surface area contributed by atoms with Gasteiger partial charge in [-0.05, 0) is 35.0 Å². The van der Waals surface area contributed by atoms with Crippen molar-refractivity contribution in [3.63, 3.8) is 0 Å². The van der Waals surface area contributed by atoms with E-state index in [9.17, 15) is 0 Å². The van der Waals surface area contributed by atoms with Crippen LogP contribution in [0.15, 0.2) is 22.8 Å². The SMILES string of the molecule is COc1nc2ccnc(C)c2cc1Br. The van der Waals surface area contributed by atoms with Gasteiger partial charge >= 0.3 is 0 Å². The Balaban J connectivity index is 2.79. The number of pyridine rings is 2. The average molecular weight is 253 g/mol. The van der Waals surface area contributed by atoms with Crippen molar-refractivity contribution in [2.75, 3.05) is 7.11 Å². The van der Waals surface area contributed by atoms with Gasteiger partial charge in [0.15, 0.2) is 0 Å². The quantitative estimate of drug-likeness (QED) is 0.783. The molecular weight excluding hydrogens is 244 g/mol. The maximum Gasteiger partial charge on any atom is 0.228 e. The zero-order valence-electron chi connectivity index (χ0n) is 7.91. The van der Waals surface area contributed by atoms with E-state index >= 15 is 0 Å². The van der Waals surface area contributed by atoms with E-state index in [1.54, 1.807) is 13.3 Å². The number of aryl methyl sites for hydroxylation is 1. The molecule has 0 aliphatic heterocycles. The lowest BCUT2D eigenvalue weighted by Gasteiger charge is -2.05. The minimum absolute atomic E-state index is 0.600. The predicted molar refractivity (Wildman–Crippen MR) is 58.5 cm³/mol. The Hall–Kier alpha value is -1.16. The standard InChI is InChI=1S/C10H9BrN2O/c1-6-7-5-8(11)10(14-2)13-9(7)3-4-12-6/h3-5H,1-2H3. The zero-order chi connectivity index (χ0) is 10.1. The number of hydrogen-bond donors (Lipinski definition) is 0. The van der Waals surface area contributed by atoms with E-state index in [1.807, 2.05) is 19.1 Å². The predicted octanol–water partition coefficient (Wildman–Crippen LogP) is 2.71. The van der Waals surface area contributed by atoms with Crippen molar-refractivity contribution in [1.82, 2.24) is 9.97 Å². The summed E-state index contributed by atoms with van der Waals surface area (Å²) in [5.74, 6) is 0.600. The topological polar surface area (TPSA) is 35.0 Å². The molecule has 0 unspecified atom stereocenters. The largest absolute Gasteiger partial charge is 0.480 e. The van der Waals surface area contributed by atoms with Crippen LogP contribution in [0.5, 0.6) is 5.88 Å². The molecule has 0 amide bonds. The zero-order valence-corrected chi connectivity index (χ0v) is 9.50. The molecule has 14 heavy (non-hydrogen) atoms. The van der Waals surface area contributed by atoms with Gasteiger partial charge in [0.2, 0.25) is 5.88 Å². The molecule has 0 spiro atoms. The number of rotatable bonds is 1. The molecule has 0 saturated carbocycles. The molecule has 0 bridgehead atoms. The van der Waals surface area contributed by atoms with Crippen molar-refractivity contribution in [3.05, 3.63) is 28.5 Å². The van der Waals surface area contributed by atoms with E-state index in [-0.39, 0.29) is 0 Å². The number of aromatic nitrogens is 2. The summed E-state index contributed by atoms with van der Waals surface area (Å²) < 4.78 is 5.97. The molecule has 3 nitrogen and oxygen atoms in total. The van der Waals surface area contributed by atoms with Gasteiger partial charge in [-0.2, -0.15) is 0 Å². The maximum absolute atomic E-state index is 5.11. The summed E-state index contributed by atoms with van der Waals surface area (Å²) in [6.07, 6.45) is 1.75. The van der Waals surface area contributed by atoms with Crippen molar-refractivity contribution < 1.29 is 4.74 Å². The van der Waals surface area contributed by atoms with Crippen LogP contribution in [0, 0.1) is 6.92 Å². The number of methoxy groups -OCH3 is 1. The highest BCUT2D eigenvalue weighted by Gasteiger charge is 2.06. The third-order valence-corrected chi connectivity index (χ3v) is 2.63. The Kier molecular flexibility index (Phi) is 2.37. The summed E-state index contributed by atoms with van der Waals surface area (Å²) in [5, 5.41) is 1.04. The highest BCUT2D eigenvalue weighted by molar-refractivity contribution is 9.10. The van der Waals surface area contributed by atoms with Gasteiger partial charge in [-0.3, -0.25) is 4.98 Å².